The number of allylic oxidation sites excluding steroid dienone is 1. The standard InChI is InChI=1S/C29H42O6/c1-15(2)23-8-19-10-27(13-30)22-7-6-16(3)21(22)11-28(19,29(23,27)26(31)32)14-34-24-9-20-17(4)12-33-25(20)18(5)35-24/h8,13,15-22,24-25H,6-7,9-12,14H2,1-5H3,(H,31,32)/t16-,17+,18-,19?,20-,21-,22-,24-,25-,27?,28?,29?/m1/s1. The number of carbonyl (C=O) groups excluding carboxylic acids is 1. The van der Waals surface area contributed by atoms with E-state index in [0.29, 0.717) is 36.7 Å². The highest BCUT2D eigenvalue weighted by atomic mass is 16.7. The van der Waals surface area contributed by atoms with E-state index in [2.05, 4.69) is 40.7 Å². The van der Waals surface area contributed by atoms with E-state index in [1.807, 2.05) is 0 Å². The molecule has 4 aliphatic carbocycles. The fourth-order valence-electron chi connectivity index (χ4n) is 10.3. The molecule has 0 spiro atoms. The van der Waals surface area contributed by atoms with Crippen LogP contribution in [0.5, 0.6) is 0 Å². The third-order valence-corrected chi connectivity index (χ3v) is 11.6. The lowest BCUT2D eigenvalue weighted by molar-refractivity contribution is -0.251. The molecular formula is C29H42O6. The van der Waals surface area contributed by atoms with Gasteiger partial charge in [0, 0.05) is 11.8 Å². The van der Waals surface area contributed by atoms with Gasteiger partial charge in [-0.05, 0) is 67.6 Å². The Balaban J connectivity index is 1.39. The SMILES string of the molecule is CC(C)C1=CC2CC3(C=O)[C@@H]4CC[C@@H](C)[C@H]4CC2(CO[C@H]2C[C@H]4[C@H](OC[C@@H]4C)[C@@H](C)O2)C13C(=O)O. The predicted molar refractivity (Wildman–Crippen MR) is 129 cm³/mol. The highest BCUT2D eigenvalue weighted by Gasteiger charge is 2.84. The highest BCUT2D eigenvalue weighted by molar-refractivity contribution is 5.90. The molecule has 3 saturated carbocycles. The van der Waals surface area contributed by atoms with Crippen molar-refractivity contribution in [1.82, 2.24) is 0 Å². The summed E-state index contributed by atoms with van der Waals surface area (Å²) >= 11 is 0. The van der Waals surface area contributed by atoms with Crippen LogP contribution < -0.4 is 0 Å². The van der Waals surface area contributed by atoms with Gasteiger partial charge in [0.1, 0.15) is 11.7 Å². The summed E-state index contributed by atoms with van der Waals surface area (Å²) in [5.41, 5.74) is -1.65. The van der Waals surface area contributed by atoms with Crippen LogP contribution in [0, 0.1) is 57.7 Å². The van der Waals surface area contributed by atoms with Crippen LogP contribution in [0.25, 0.3) is 0 Å². The summed E-state index contributed by atoms with van der Waals surface area (Å²) in [5.74, 6) is 1.22. The van der Waals surface area contributed by atoms with Crippen LogP contribution in [0.1, 0.15) is 66.7 Å². The van der Waals surface area contributed by atoms with Crippen molar-refractivity contribution < 1.29 is 28.9 Å². The lowest BCUT2D eigenvalue weighted by Gasteiger charge is -2.58. The van der Waals surface area contributed by atoms with Gasteiger partial charge in [-0.25, -0.2) is 0 Å². The predicted octanol–water partition coefficient (Wildman–Crippen LogP) is 4.71. The molecule has 0 amide bonds. The maximum Gasteiger partial charge on any atom is 0.315 e. The molecule has 4 unspecified atom stereocenters. The largest absolute Gasteiger partial charge is 0.481 e. The quantitative estimate of drug-likeness (QED) is 0.432. The van der Waals surface area contributed by atoms with Crippen LogP contribution in [0.4, 0.5) is 0 Å². The Morgan fingerprint density at radius 1 is 1.20 bits per heavy atom. The second-order valence-electron chi connectivity index (χ2n) is 13.2. The summed E-state index contributed by atoms with van der Waals surface area (Å²) in [5, 5.41) is 11.1. The zero-order valence-electron chi connectivity index (χ0n) is 21.9. The minimum Gasteiger partial charge on any atom is -0.481 e. The molecule has 6 heteroatoms. The van der Waals surface area contributed by atoms with Gasteiger partial charge >= 0.3 is 5.97 Å². The molecule has 5 fully saturated rings. The van der Waals surface area contributed by atoms with E-state index < -0.39 is 22.2 Å². The van der Waals surface area contributed by atoms with Gasteiger partial charge in [0.05, 0.1) is 30.8 Å². The fourth-order valence-corrected chi connectivity index (χ4v) is 10.3. The van der Waals surface area contributed by atoms with Gasteiger partial charge in [0.15, 0.2) is 6.29 Å². The number of hydrogen-bond donors (Lipinski definition) is 1. The Bertz CT molecular complexity index is 943. The molecule has 2 heterocycles. The first-order valence-corrected chi connectivity index (χ1v) is 13.9. The third-order valence-electron chi connectivity index (χ3n) is 11.6. The average molecular weight is 487 g/mol. The second kappa shape index (κ2) is 7.88. The first-order chi connectivity index (χ1) is 16.6. The van der Waals surface area contributed by atoms with Crippen molar-refractivity contribution in [2.75, 3.05) is 13.2 Å². The summed E-state index contributed by atoms with van der Waals surface area (Å²) in [7, 11) is 0. The van der Waals surface area contributed by atoms with E-state index in [4.69, 9.17) is 14.2 Å². The molecule has 6 nitrogen and oxygen atoms in total. The van der Waals surface area contributed by atoms with Gasteiger partial charge in [0.2, 0.25) is 0 Å². The fraction of sp³-hybridized carbons (Fsp3) is 0.862. The van der Waals surface area contributed by atoms with Gasteiger partial charge in [-0.2, -0.15) is 0 Å². The number of fused-ring (bicyclic) bond motifs is 3. The van der Waals surface area contributed by atoms with Gasteiger partial charge in [-0.3, -0.25) is 4.79 Å². The number of carboxylic acids is 1. The van der Waals surface area contributed by atoms with Gasteiger partial charge < -0.3 is 24.1 Å². The van der Waals surface area contributed by atoms with Crippen molar-refractivity contribution in [3.63, 3.8) is 0 Å². The molecule has 35 heavy (non-hydrogen) atoms. The van der Waals surface area contributed by atoms with E-state index in [1.54, 1.807) is 0 Å². The topological polar surface area (TPSA) is 82.1 Å². The van der Waals surface area contributed by atoms with Crippen molar-refractivity contribution >= 4 is 12.3 Å². The minimum absolute atomic E-state index is 0.0426. The van der Waals surface area contributed by atoms with Gasteiger partial charge in [-0.15, -0.1) is 0 Å². The summed E-state index contributed by atoms with van der Waals surface area (Å²) in [6, 6.07) is 0. The Morgan fingerprint density at radius 2 is 1.97 bits per heavy atom. The molecule has 6 rings (SSSR count). The van der Waals surface area contributed by atoms with E-state index in [-0.39, 0.29) is 36.3 Å². The van der Waals surface area contributed by atoms with Crippen molar-refractivity contribution in [3.8, 4) is 0 Å². The minimum atomic E-state index is -1.18. The maximum absolute atomic E-state index is 13.5. The zero-order valence-corrected chi connectivity index (χ0v) is 21.9. The summed E-state index contributed by atoms with van der Waals surface area (Å²) in [6.07, 6.45) is 7.32. The van der Waals surface area contributed by atoms with Crippen LogP contribution in [-0.4, -0.2) is 49.1 Å². The van der Waals surface area contributed by atoms with Crippen LogP contribution in [0.2, 0.25) is 0 Å². The van der Waals surface area contributed by atoms with Crippen molar-refractivity contribution in [2.45, 2.75) is 85.2 Å². The Kier molecular flexibility index (Phi) is 5.43. The van der Waals surface area contributed by atoms with Crippen LogP contribution in [0.15, 0.2) is 11.6 Å². The Morgan fingerprint density at radius 3 is 2.66 bits per heavy atom. The van der Waals surface area contributed by atoms with E-state index >= 15 is 0 Å². The first-order valence-electron chi connectivity index (χ1n) is 13.9. The van der Waals surface area contributed by atoms with Crippen molar-refractivity contribution in [1.29, 1.82) is 0 Å². The van der Waals surface area contributed by atoms with Gasteiger partial charge in [0.25, 0.3) is 0 Å². The van der Waals surface area contributed by atoms with E-state index in [0.717, 1.165) is 44.1 Å². The lowest BCUT2D eigenvalue weighted by atomic mass is 9.43. The summed E-state index contributed by atoms with van der Waals surface area (Å²) < 4.78 is 18.9. The zero-order chi connectivity index (χ0) is 24.9. The molecule has 0 aromatic heterocycles. The number of hydrogen-bond acceptors (Lipinski definition) is 5. The summed E-state index contributed by atoms with van der Waals surface area (Å²) in [4.78, 5) is 26.7. The molecule has 4 bridgehead atoms. The molecule has 0 radical (unpaired) electrons. The molecule has 2 aliphatic heterocycles. The number of carbonyl (C=O) groups is 2. The number of aliphatic carboxylic acids is 1. The molecule has 1 N–H and O–H groups in total. The molecule has 0 aromatic carbocycles. The molecular weight excluding hydrogens is 444 g/mol. The normalized spacial score (nSPS) is 54.0. The smallest absolute Gasteiger partial charge is 0.315 e. The number of aldehydes is 1. The van der Waals surface area contributed by atoms with Crippen molar-refractivity contribution in [2.24, 2.45) is 57.7 Å². The van der Waals surface area contributed by atoms with Crippen LogP contribution in [-0.2, 0) is 23.8 Å². The molecule has 194 valence electrons. The Hall–Kier alpha value is -1.24. The molecule has 2 saturated heterocycles. The monoisotopic (exact) mass is 486 g/mol. The third kappa shape index (κ3) is 2.77. The van der Waals surface area contributed by atoms with Crippen molar-refractivity contribution in [3.05, 3.63) is 11.6 Å². The number of rotatable bonds is 6. The lowest BCUT2D eigenvalue weighted by Crippen LogP contribution is -2.63. The maximum atomic E-state index is 13.5. The van der Waals surface area contributed by atoms with Crippen LogP contribution in [0.3, 0.4) is 0 Å². The molecule has 0 aromatic rings. The van der Waals surface area contributed by atoms with E-state index in [9.17, 15) is 14.7 Å². The Labute approximate surface area is 209 Å². The second-order valence-corrected chi connectivity index (χ2v) is 13.2. The van der Waals surface area contributed by atoms with Crippen LogP contribution >= 0.6 is 0 Å². The highest BCUT2D eigenvalue weighted by Crippen LogP contribution is 2.82. The van der Waals surface area contributed by atoms with Gasteiger partial charge in [-0.1, -0.05) is 45.8 Å². The molecule has 6 aliphatic rings. The number of ether oxygens (including phenoxy) is 3. The number of carboxylic acid groups (broad SMARTS) is 1. The van der Waals surface area contributed by atoms with E-state index in [1.165, 1.54) is 0 Å². The first kappa shape index (κ1) is 24.1. The average Bonchev–Trinajstić information content (AvgIpc) is 3.50. The summed E-state index contributed by atoms with van der Waals surface area (Å²) in [6.45, 7) is 11.9. The molecule has 12 atom stereocenters.